The van der Waals surface area contributed by atoms with Gasteiger partial charge in [0.15, 0.2) is 12.3 Å². The maximum absolute atomic E-state index is 12.9. The van der Waals surface area contributed by atoms with Gasteiger partial charge in [0.1, 0.15) is 11.6 Å². The summed E-state index contributed by atoms with van der Waals surface area (Å²) in [5, 5.41) is 10.4. The summed E-state index contributed by atoms with van der Waals surface area (Å²) < 4.78 is 23.1. The van der Waals surface area contributed by atoms with Crippen LogP contribution in [0.3, 0.4) is 0 Å². The summed E-state index contributed by atoms with van der Waals surface area (Å²) in [7, 11) is 0. The van der Waals surface area contributed by atoms with Crippen molar-refractivity contribution in [2.45, 2.75) is 26.7 Å². The van der Waals surface area contributed by atoms with E-state index in [4.69, 9.17) is 9.37 Å². The van der Waals surface area contributed by atoms with Crippen LogP contribution in [0, 0.1) is 5.82 Å². The monoisotopic (exact) mass is 369 g/mol. The second-order valence-electron chi connectivity index (χ2n) is 5.95. The number of anilines is 1. The first-order valence-corrected chi connectivity index (χ1v) is 8.73. The molecule has 1 aromatic heterocycles. The van der Waals surface area contributed by atoms with Gasteiger partial charge in [0.2, 0.25) is 5.82 Å². The molecule has 0 spiro atoms. The molecule has 0 saturated heterocycles. The zero-order valence-corrected chi connectivity index (χ0v) is 15.2. The molecule has 140 valence electrons. The van der Waals surface area contributed by atoms with Crippen LogP contribution in [0.4, 0.5) is 10.2 Å². The summed E-state index contributed by atoms with van der Waals surface area (Å²) in [5.41, 5.74) is 3.60. The van der Waals surface area contributed by atoms with Crippen molar-refractivity contribution in [3.63, 3.8) is 0 Å². The van der Waals surface area contributed by atoms with Gasteiger partial charge in [-0.25, -0.2) is 9.02 Å². The fourth-order valence-corrected chi connectivity index (χ4v) is 2.67. The van der Waals surface area contributed by atoms with E-state index in [1.54, 1.807) is 0 Å². The Balaban J connectivity index is 1.73. The first-order valence-electron chi connectivity index (χ1n) is 8.73. The first-order chi connectivity index (χ1) is 13.1. The number of carbonyl (C=O) groups excluding carboxylic acids is 1. The lowest BCUT2D eigenvalue weighted by molar-refractivity contribution is -0.118. The first kappa shape index (κ1) is 18.6. The molecule has 3 aromatic rings. The summed E-state index contributed by atoms with van der Waals surface area (Å²) >= 11 is 0. The highest BCUT2D eigenvalue weighted by atomic mass is 19.1. The van der Waals surface area contributed by atoms with Crippen LogP contribution in [0.5, 0.6) is 5.75 Å². The number of ether oxygens (including phenoxy) is 1. The average molecular weight is 369 g/mol. The van der Waals surface area contributed by atoms with Crippen LogP contribution in [0.15, 0.2) is 47.1 Å². The summed E-state index contributed by atoms with van der Waals surface area (Å²) in [6.45, 7) is 3.88. The molecule has 1 amide bonds. The second-order valence-corrected chi connectivity index (χ2v) is 5.95. The Bertz CT molecular complexity index is 922. The molecule has 3 rings (SSSR count). The van der Waals surface area contributed by atoms with Crippen LogP contribution in [0.2, 0.25) is 0 Å². The summed E-state index contributed by atoms with van der Waals surface area (Å²) in [6.07, 6.45) is 1.70. The number of benzene rings is 2. The highest BCUT2D eigenvalue weighted by molar-refractivity contribution is 5.94. The van der Waals surface area contributed by atoms with Crippen LogP contribution in [0.25, 0.3) is 11.3 Å². The Morgan fingerprint density at radius 1 is 1.11 bits per heavy atom. The molecule has 1 heterocycles. The van der Waals surface area contributed by atoms with Crippen molar-refractivity contribution in [3.8, 4) is 17.0 Å². The number of aromatic nitrogens is 2. The van der Waals surface area contributed by atoms with Crippen molar-refractivity contribution < 1.29 is 18.6 Å². The molecule has 0 unspecified atom stereocenters. The molecule has 0 aliphatic carbocycles. The van der Waals surface area contributed by atoms with Gasteiger partial charge in [-0.3, -0.25) is 4.79 Å². The predicted octanol–water partition coefficient (Wildman–Crippen LogP) is 4.02. The highest BCUT2D eigenvalue weighted by Crippen LogP contribution is 2.29. The van der Waals surface area contributed by atoms with E-state index in [9.17, 15) is 9.18 Å². The molecule has 6 nitrogen and oxygen atoms in total. The minimum atomic E-state index is -0.416. The van der Waals surface area contributed by atoms with Gasteiger partial charge in [-0.05, 0) is 64.6 Å². The maximum atomic E-state index is 12.9. The normalized spacial score (nSPS) is 10.6. The molecule has 2 aromatic carbocycles. The van der Waals surface area contributed by atoms with Crippen LogP contribution < -0.4 is 10.1 Å². The number of nitrogens with zero attached hydrogens (tertiary/aromatic N) is 2. The fourth-order valence-electron chi connectivity index (χ4n) is 2.67. The minimum Gasteiger partial charge on any atom is -0.484 e. The third-order valence-electron chi connectivity index (χ3n) is 4.15. The van der Waals surface area contributed by atoms with Gasteiger partial charge in [0.25, 0.3) is 5.91 Å². The van der Waals surface area contributed by atoms with Crippen LogP contribution in [-0.4, -0.2) is 22.8 Å². The SMILES string of the molecule is CCc1ccc(CC)c(-c2nonc2NC(=O)COc2ccc(F)cc2)c1. The Morgan fingerprint density at radius 2 is 1.89 bits per heavy atom. The number of hydrogen-bond donors (Lipinski definition) is 1. The van der Waals surface area contributed by atoms with E-state index < -0.39 is 5.91 Å². The Labute approximate surface area is 156 Å². The topological polar surface area (TPSA) is 77.3 Å². The third kappa shape index (κ3) is 4.49. The van der Waals surface area contributed by atoms with E-state index in [0.717, 1.165) is 29.5 Å². The number of halogens is 1. The summed E-state index contributed by atoms with van der Waals surface area (Å²) in [4.78, 5) is 12.2. The van der Waals surface area contributed by atoms with E-state index in [-0.39, 0.29) is 18.2 Å². The van der Waals surface area contributed by atoms with Crippen molar-refractivity contribution in [3.05, 3.63) is 59.4 Å². The molecule has 0 aliphatic rings. The number of amides is 1. The average Bonchev–Trinajstić information content (AvgIpc) is 3.14. The van der Waals surface area contributed by atoms with Gasteiger partial charge in [-0.2, -0.15) is 0 Å². The van der Waals surface area contributed by atoms with Gasteiger partial charge < -0.3 is 10.1 Å². The zero-order chi connectivity index (χ0) is 19.2. The predicted molar refractivity (Wildman–Crippen MR) is 99.0 cm³/mol. The Kier molecular flexibility index (Phi) is 5.80. The third-order valence-corrected chi connectivity index (χ3v) is 4.15. The second kappa shape index (κ2) is 8.44. The zero-order valence-electron chi connectivity index (χ0n) is 15.2. The lowest BCUT2D eigenvalue weighted by Gasteiger charge is -2.09. The molecule has 0 atom stereocenters. The number of rotatable bonds is 7. The van der Waals surface area contributed by atoms with Crippen molar-refractivity contribution in [2.24, 2.45) is 0 Å². The quantitative estimate of drug-likeness (QED) is 0.681. The van der Waals surface area contributed by atoms with E-state index in [1.165, 1.54) is 24.3 Å². The van der Waals surface area contributed by atoms with Gasteiger partial charge in [0, 0.05) is 5.56 Å². The molecular weight excluding hydrogens is 349 g/mol. The van der Waals surface area contributed by atoms with Crippen molar-refractivity contribution >= 4 is 11.7 Å². The highest BCUT2D eigenvalue weighted by Gasteiger charge is 2.18. The smallest absolute Gasteiger partial charge is 0.263 e. The summed E-state index contributed by atoms with van der Waals surface area (Å²) in [5.74, 6) is -0.147. The van der Waals surface area contributed by atoms with E-state index in [0.29, 0.717) is 11.4 Å². The maximum Gasteiger partial charge on any atom is 0.263 e. The Morgan fingerprint density at radius 3 is 2.59 bits per heavy atom. The summed E-state index contributed by atoms with van der Waals surface area (Å²) in [6, 6.07) is 11.6. The van der Waals surface area contributed by atoms with Crippen molar-refractivity contribution in [1.82, 2.24) is 10.3 Å². The van der Waals surface area contributed by atoms with Gasteiger partial charge in [-0.1, -0.05) is 26.0 Å². The molecule has 7 heteroatoms. The standard InChI is InChI=1S/C20H20FN3O3/c1-3-13-5-6-14(4-2)17(11-13)19-20(24-27-23-19)22-18(25)12-26-16-9-7-15(21)8-10-16/h5-11H,3-4,12H2,1-2H3,(H,22,24,25). The number of hydrogen-bond acceptors (Lipinski definition) is 5. The van der Waals surface area contributed by atoms with Gasteiger partial charge in [-0.15, -0.1) is 0 Å². The molecule has 0 fully saturated rings. The molecule has 0 saturated carbocycles. The largest absolute Gasteiger partial charge is 0.484 e. The van der Waals surface area contributed by atoms with Gasteiger partial charge >= 0.3 is 0 Å². The molecule has 27 heavy (non-hydrogen) atoms. The lowest BCUT2D eigenvalue weighted by atomic mass is 9.98. The molecule has 1 N–H and O–H groups in total. The number of carbonyl (C=O) groups is 1. The number of nitrogens with one attached hydrogen (secondary N) is 1. The minimum absolute atomic E-state index is 0.241. The van der Waals surface area contributed by atoms with E-state index in [2.05, 4.69) is 28.6 Å². The molecule has 0 radical (unpaired) electrons. The van der Waals surface area contributed by atoms with Gasteiger partial charge in [0.05, 0.1) is 0 Å². The van der Waals surface area contributed by atoms with Crippen LogP contribution in [-0.2, 0) is 17.6 Å². The van der Waals surface area contributed by atoms with Crippen LogP contribution in [0.1, 0.15) is 25.0 Å². The fraction of sp³-hybridized carbons (Fsp3) is 0.250. The molecule has 0 bridgehead atoms. The van der Waals surface area contributed by atoms with E-state index >= 15 is 0 Å². The molecule has 0 aliphatic heterocycles. The van der Waals surface area contributed by atoms with E-state index in [1.807, 2.05) is 19.1 Å². The van der Waals surface area contributed by atoms with Crippen LogP contribution >= 0.6 is 0 Å². The molecular formula is C20H20FN3O3. The van der Waals surface area contributed by atoms with Crippen molar-refractivity contribution in [2.75, 3.05) is 11.9 Å². The Hall–Kier alpha value is -3.22. The lowest BCUT2D eigenvalue weighted by Crippen LogP contribution is -2.20. The number of aryl methyl sites for hydroxylation is 2. The van der Waals surface area contributed by atoms with Crippen molar-refractivity contribution in [1.29, 1.82) is 0 Å².